The fraction of sp³-hybridized carbons (Fsp3) is 0.105. The maximum Gasteiger partial charge on any atom is 0.275 e. The third kappa shape index (κ3) is 4.33. The van der Waals surface area contributed by atoms with E-state index in [1.807, 2.05) is 26.0 Å². The van der Waals surface area contributed by atoms with Crippen molar-refractivity contribution in [2.24, 2.45) is 0 Å². The fourth-order valence-electron chi connectivity index (χ4n) is 2.36. The van der Waals surface area contributed by atoms with E-state index in [2.05, 4.69) is 26.7 Å². The number of nitrogens with zero attached hydrogens (tertiary/aromatic N) is 2. The Morgan fingerprint density at radius 3 is 2.56 bits per heavy atom. The molecule has 0 saturated carbocycles. The molecule has 25 heavy (non-hydrogen) atoms. The number of aryl methyl sites for hydroxylation is 2. The first kappa shape index (κ1) is 16.9. The van der Waals surface area contributed by atoms with E-state index in [-0.39, 0.29) is 11.6 Å². The zero-order valence-corrected chi connectivity index (χ0v) is 14.6. The summed E-state index contributed by atoms with van der Waals surface area (Å²) in [7, 11) is 0. The molecule has 0 aliphatic rings. The van der Waals surface area contributed by atoms with E-state index in [1.54, 1.807) is 24.3 Å². The molecule has 1 aromatic heterocycles. The van der Waals surface area contributed by atoms with Crippen molar-refractivity contribution in [3.8, 4) is 0 Å². The molecule has 0 bridgehead atoms. The van der Waals surface area contributed by atoms with Crippen LogP contribution in [-0.4, -0.2) is 15.9 Å². The highest BCUT2D eigenvalue weighted by Gasteiger charge is 2.09. The number of aromatic nitrogens is 2. The van der Waals surface area contributed by atoms with Crippen molar-refractivity contribution in [1.82, 2.24) is 9.97 Å². The van der Waals surface area contributed by atoms with Gasteiger partial charge in [-0.05, 0) is 43.7 Å². The van der Waals surface area contributed by atoms with Gasteiger partial charge in [-0.1, -0.05) is 35.4 Å². The lowest BCUT2D eigenvalue weighted by molar-refractivity contribution is 0.102. The van der Waals surface area contributed by atoms with Crippen LogP contribution in [0, 0.1) is 13.8 Å². The second-order valence-corrected chi connectivity index (χ2v) is 6.13. The van der Waals surface area contributed by atoms with E-state index in [4.69, 9.17) is 11.6 Å². The first-order valence-electron chi connectivity index (χ1n) is 7.74. The molecule has 3 aromatic rings. The Balaban J connectivity index is 1.70. The molecule has 1 amide bonds. The van der Waals surface area contributed by atoms with E-state index >= 15 is 0 Å². The minimum Gasteiger partial charge on any atom is -0.339 e. The average Bonchev–Trinajstić information content (AvgIpc) is 2.58. The molecular weight excluding hydrogens is 336 g/mol. The Morgan fingerprint density at radius 2 is 1.88 bits per heavy atom. The number of carbonyl (C=O) groups excluding carboxylic acids is 1. The summed E-state index contributed by atoms with van der Waals surface area (Å²) in [4.78, 5) is 20.6. The number of hydrogen-bond donors (Lipinski definition) is 2. The second-order valence-electron chi connectivity index (χ2n) is 5.69. The summed E-state index contributed by atoms with van der Waals surface area (Å²) in [5.41, 5.74) is 4.10. The highest BCUT2D eigenvalue weighted by atomic mass is 35.5. The highest BCUT2D eigenvalue weighted by Crippen LogP contribution is 2.20. The molecule has 0 fully saturated rings. The quantitative estimate of drug-likeness (QED) is 0.711. The van der Waals surface area contributed by atoms with Crippen LogP contribution in [-0.2, 0) is 0 Å². The van der Waals surface area contributed by atoms with Crippen LogP contribution in [0.25, 0.3) is 0 Å². The van der Waals surface area contributed by atoms with Gasteiger partial charge in [0.05, 0.1) is 12.4 Å². The zero-order chi connectivity index (χ0) is 17.8. The van der Waals surface area contributed by atoms with Gasteiger partial charge in [0.2, 0.25) is 0 Å². The molecule has 126 valence electrons. The van der Waals surface area contributed by atoms with E-state index in [1.165, 1.54) is 18.0 Å². The molecule has 0 saturated heterocycles. The number of rotatable bonds is 4. The Hall–Kier alpha value is -2.92. The third-order valence-electron chi connectivity index (χ3n) is 3.61. The summed E-state index contributed by atoms with van der Waals surface area (Å²) < 4.78 is 0. The number of hydrogen-bond acceptors (Lipinski definition) is 4. The van der Waals surface area contributed by atoms with Crippen molar-refractivity contribution in [3.63, 3.8) is 0 Å². The molecular formula is C19H17ClN4O. The fourth-order valence-corrected chi connectivity index (χ4v) is 2.55. The monoisotopic (exact) mass is 352 g/mol. The van der Waals surface area contributed by atoms with Crippen LogP contribution < -0.4 is 10.6 Å². The molecule has 0 spiro atoms. The normalized spacial score (nSPS) is 10.4. The van der Waals surface area contributed by atoms with Gasteiger partial charge >= 0.3 is 0 Å². The van der Waals surface area contributed by atoms with Gasteiger partial charge in [-0.3, -0.25) is 4.79 Å². The maximum atomic E-state index is 12.2. The first-order valence-corrected chi connectivity index (χ1v) is 8.12. The van der Waals surface area contributed by atoms with Crippen molar-refractivity contribution >= 4 is 34.7 Å². The standard InChI is InChI=1S/C19H17ClN4O/c1-12-6-7-16(13(2)8-12)24-18-11-21-17(10-22-18)19(25)23-15-5-3-4-14(20)9-15/h3-11H,1-2H3,(H,22,24)(H,23,25). The Morgan fingerprint density at radius 1 is 1.04 bits per heavy atom. The summed E-state index contributed by atoms with van der Waals surface area (Å²) in [5, 5.41) is 6.49. The number of halogens is 1. The summed E-state index contributed by atoms with van der Waals surface area (Å²) in [5.74, 6) is 0.235. The molecule has 1 heterocycles. The minimum atomic E-state index is -0.340. The maximum absolute atomic E-state index is 12.2. The van der Waals surface area contributed by atoms with Crippen molar-refractivity contribution in [2.45, 2.75) is 13.8 Å². The van der Waals surface area contributed by atoms with Gasteiger partial charge in [0.15, 0.2) is 0 Å². The van der Waals surface area contributed by atoms with Gasteiger partial charge in [0.1, 0.15) is 11.5 Å². The summed E-state index contributed by atoms with van der Waals surface area (Å²) in [6.45, 7) is 4.07. The van der Waals surface area contributed by atoms with E-state index in [0.29, 0.717) is 16.5 Å². The topological polar surface area (TPSA) is 66.9 Å². The van der Waals surface area contributed by atoms with Gasteiger partial charge in [-0.25, -0.2) is 9.97 Å². The highest BCUT2D eigenvalue weighted by molar-refractivity contribution is 6.30. The molecule has 0 atom stereocenters. The van der Waals surface area contributed by atoms with Gasteiger partial charge in [-0.2, -0.15) is 0 Å². The Kier molecular flexibility index (Phi) is 4.95. The van der Waals surface area contributed by atoms with Crippen molar-refractivity contribution in [2.75, 3.05) is 10.6 Å². The smallest absolute Gasteiger partial charge is 0.275 e. The van der Waals surface area contributed by atoms with E-state index < -0.39 is 0 Å². The van der Waals surface area contributed by atoms with Crippen LogP contribution >= 0.6 is 11.6 Å². The number of nitrogens with one attached hydrogen (secondary N) is 2. The molecule has 0 aliphatic heterocycles. The summed E-state index contributed by atoms with van der Waals surface area (Å²) >= 11 is 5.91. The zero-order valence-electron chi connectivity index (χ0n) is 13.9. The van der Waals surface area contributed by atoms with Gasteiger partial charge < -0.3 is 10.6 Å². The molecule has 2 N–H and O–H groups in total. The van der Waals surface area contributed by atoms with E-state index in [9.17, 15) is 4.79 Å². The van der Waals surface area contributed by atoms with E-state index in [0.717, 1.165) is 11.3 Å². The largest absolute Gasteiger partial charge is 0.339 e. The molecule has 0 radical (unpaired) electrons. The van der Waals surface area contributed by atoms with Crippen LogP contribution in [0.3, 0.4) is 0 Å². The molecule has 6 heteroatoms. The van der Waals surface area contributed by atoms with Crippen molar-refractivity contribution < 1.29 is 4.79 Å². The van der Waals surface area contributed by atoms with Gasteiger partial charge in [0.25, 0.3) is 5.91 Å². The lowest BCUT2D eigenvalue weighted by Gasteiger charge is -2.10. The summed E-state index contributed by atoms with van der Waals surface area (Å²) in [6.07, 6.45) is 2.97. The van der Waals surface area contributed by atoms with Crippen LogP contribution in [0.5, 0.6) is 0 Å². The average molecular weight is 353 g/mol. The molecule has 2 aromatic carbocycles. The molecule has 3 rings (SSSR count). The van der Waals surface area contributed by atoms with Crippen LogP contribution in [0.4, 0.5) is 17.2 Å². The molecule has 5 nitrogen and oxygen atoms in total. The molecule has 0 unspecified atom stereocenters. The SMILES string of the molecule is Cc1ccc(Nc2cnc(C(=O)Nc3cccc(Cl)c3)cn2)c(C)c1. The predicted molar refractivity (Wildman–Crippen MR) is 101 cm³/mol. The van der Waals surface area contributed by atoms with Crippen molar-refractivity contribution in [1.29, 1.82) is 0 Å². The van der Waals surface area contributed by atoms with Crippen LogP contribution in [0.2, 0.25) is 5.02 Å². The number of amides is 1. The number of benzene rings is 2. The lowest BCUT2D eigenvalue weighted by atomic mass is 10.1. The lowest BCUT2D eigenvalue weighted by Crippen LogP contribution is -2.14. The van der Waals surface area contributed by atoms with Gasteiger partial charge in [-0.15, -0.1) is 0 Å². The van der Waals surface area contributed by atoms with Crippen LogP contribution in [0.15, 0.2) is 54.9 Å². The number of anilines is 3. The minimum absolute atomic E-state index is 0.228. The van der Waals surface area contributed by atoms with Crippen molar-refractivity contribution in [3.05, 3.63) is 76.7 Å². The van der Waals surface area contributed by atoms with Gasteiger partial charge in [0, 0.05) is 16.4 Å². The van der Waals surface area contributed by atoms with Crippen LogP contribution in [0.1, 0.15) is 21.6 Å². The summed E-state index contributed by atoms with van der Waals surface area (Å²) in [6, 6.07) is 13.0. The third-order valence-corrected chi connectivity index (χ3v) is 3.85. The Labute approximate surface area is 151 Å². The molecule has 0 aliphatic carbocycles. The Bertz CT molecular complexity index is 910. The number of carbonyl (C=O) groups is 1. The first-order chi connectivity index (χ1) is 12.0. The second kappa shape index (κ2) is 7.32. The predicted octanol–water partition coefficient (Wildman–Crippen LogP) is 4.74.